The van der Waals surface area contributed by atoms with Crippen molar-refractivity contribution in [1.82, 2.24) is 14.5 Å². The molecular formula is C23H28FN3O4S. The zero-order valence-corrected chi connectivity index (χ0v) is 19.2. The zero-order valence-electron chi connectivity index (χ0n) is 18.4. The van der Waals surface area contributed by atoms with Gasteiger partial charge in [0.1, 0.15) is 11.9 Å². The Morgan fingerprint density at radius 1 is 0.938 bits per heavy atom. The highest BCUT2D eigenvalue weighted by Gasteiger charge is 2.34. The van der Waals surface area contributed by atoms with Crippen LogP contribution in [0.1, 0.15) is 29.8 Å². The van der Waals surface area contributed by atoms with E-state index in [4.69, 9.17) is 0 Å². The Kier molecular flexibility index (Phi) is 7.30. The number of amides is 2. The van der Waals surface area contributed by atoms with Crippen LogP contribution in [0.15, 0.2) is 53.4 Å². The first kappa shape index (κ1) is 23.9. The summed E-state index contributed by atoms with van der Waals surface area (Å²) in [4.78, 5) is 27.4. The topological polar surface area (TPSA) is 86.8 Å². The van der Waals surface area contributed by atoms with Crippen LogP contribution in [0.4, 0.5) is 4.39 Å². The molecule has 0 aliphatic carbocycles. The molecule has 7 nitrogen and oxygen atoms in total. The summed E-state index contributed by atoms with van der Waals surface area (Å²) < 4.78 is 40.0. The predicted molar refractivity (Wildman–Crippen MR) is 119 cm³/mol. The Balaban J connectivity index is 1.65. The SMILES string of the molecule is Cc1ccc(C(=O)N[C@@H](C(=O)N2CCN(S(=O)(=O)c3ccc(F)cc3)CC2)C(C)C)cc1. The largest absolute Gasteiger partial charge is 0.340 e. The quantitative estimate of drug-likeness (QED) is 0.716. The van der Waals surface area contributed by atoms with E-state index in [9.17, 15) is 22.4 Å². The summed E-state index contributed by atoms with van der Waals surface area (Å²) in [6.07, 6.45) is 0. The summed E-state index contributed by atoms with van der Waals surface area (Å²) >= 11 is 0. The zero-order chi connectivity index (χ0) is 23.5. The number of aryl methyl sites for hydroxylation is 1. The normalized spacial score (nSPS) is 16.1. The van der Waals surface area contributed by atoms with E-state index in [2.05, 4.69) is 5.32 Å². The highest BCUT2D eigenvalue weighted by molar-refractivity contribution is 7.89. The molecule has 9 heteroatoms. The number of hydrogen-bond acceptors (Lipinski definition) is 4. The standard InChI is InChI=1S/C23H28FN3O4S/c1-16(2)21(25-22(28)18-6-4-17(3)5-7-18)23(29)26-12-14-27(15-13-26)32(30,31)20-10-8-19(24)9-11-20/h4-11,16,21H,12-15H2,1-3H3,(H,25,28)/t21-/m1/s1. The molecule has 2 amide bonds. The first-order valence-electron chi connectivity index (χ1n) is 10.5. The van der Waals surface area contributed by atoms with Crippen molar-refractivity contribution in [3.8, 4) is 0 Å². The second kappa shape index (κ2) is 9.79. The van der Waals surface area contributed by atoms with Gasteiger partial charge in [0.05, 0.1) is 4.90 Å². The van der Waals surface area contributed by atoms with Crippen molar-refractivity contribution in [3.63, 3.8) is 0 Å². The van der Waals surface area contributed by atoms with Gasteiger partial charge in [-0.2, -0.15) is 4.31 Å². The molecule has 1 atom stereocenters. The number of halogens is 1. The molecule has 0 radical (unpaired) electrons. The van der Waals surface area contributed by atoms with Crippen molar-refractivity contribution in [2.45, 2.75) is 31.7 Å². The van der Waals surface area contributed by atoms with E-state index in [1.165, 1.54) is 16.4 Å². The fourth-order valence-corrected chi connectivity index (χ4v) is 4.97. The first-order chi connectivity index (χ1) is 15.1. The number of sulfonamides is 1. The van der Waals surface area contributed by atoms with E-state index in [1.54, 1.807) is 17.0 Å². The van der Waals surface area contributed by atoms with Crippen molar-refractivity contribution < 1.29 is 22.4 Å². The molecule has 3 rings (SSSR count). The molecule has 1 saturated heterocycles. The number of carbonyl (C=O) groups excluding carboxylic acids is 2. The lowest BCUT2D eigenvalue weighted by atomic mass is 10.0. The summed E-state index contributed by atoms with van der Waals surface area (Å²) in [5, 5.41) is 2.82. The molecule has 32 heavy (non-hydrogen) atoms. The van der Waals surface area contributed by atoms with Crippen molar-refractivity contribution in [2.24, 2.45) is 5.92 Å². The Morgan fingerprint density at radius 3 is 2.03 bits per heavy atom. The van der Waals surface area contributed by atoms with Crippen molar-refractivity contribution in [2.75, 3.05) is 26.2 Å². The molecule has 1 fully saturated rings. The lowest BCUT2D eigenvalue weighted by molar-refractivity contribution is -0.135. The van der Waals surface area contributed by atoms with Crippen molar-refractivity contribution in [3.05, 3.63) is 65.5 Å². The van der Waals surface area contributed by atoms with E-state index in [-0.39, 0.29) is 48.8 Å². The van der Waals surface area contributed by atoms with E-state index in [0.29, 0.717) is 5.56 Å². The minimum atomic E-state index is -3.76. The smallest absolute Gasteiger partial charge is 0.251 e. The molecule has 0 unspecified atom stereocenters. The predicted octanol–water partition coefficient (Wildman–Crippen LogP) is 2.42. The average Bonchev–Trinajstić information content (AvgIpc) is 2.77. The van der Waals surface area contributed by atoms with Gasteiger partial charge >= 0.3 is 0 Å². The monoisotopic (exact) mass is 461 g/mol. The fourth-order valence-electron chi connectivity index (χ4n) is 3.54. The molecule has 2 aromatic rings. The van der Waals surface area contributed by atoms with Gasteiger partial charge in [-0.25, -0.2) is 12.8 Å². The van der Waals surface area contributed by atoms with Crippen LogP contribution in [-0.4, -0.2) is 61.7 Å². The molecule has 1 aliphatic rings. The number of hydrogen-bond donors (Lipinski definition) is 1. The molecule has 2 aromatic carbocycles. The van der Waals surface area contributed by atoms with Crippen LogP contribution in [0.25, 0.3) is 0 Å². The maximum atomic E-state index is 13.1. The third-order valence-corrected chi connectivity index (χ3v) is 7.45. The van der Waals surface area contributed by atoms with Gasteiger partial charge in [-0.05, 0) is 49.2 Å². The van der Waals surface area contributed by atoms with Gasteiger partial charge in [0, 0.05) is 31.7 Å². The number of benzene rings is 2. The van der Waals surface area contributed by atoms with Crippen LogP contribution in [0.2, 0.25) is 0 Å². The molecule has 0 bridgehead atoms. The molecule has 1 aliphatic heterocycles. The van der Waals surface area contributed by atoms with Gasteiger partial charge in [0.15, 0.2) is 0 Å². The summed E-state index contributed by atoms with van der Waals surface area (Å²) in [7, 11) is -3.76. The summed E-state index contributed by atoms with van der Waals surface area (Å²) in [5.74, 6) is -1.21. The van der Waals surface area contributed by atoms with E-state index < -0.39 is 21.9 Å². The van der Waals surface area contributed by atoms with Gasteiger partial charge in [0.2, 0.25) is 15.9 Å². The highest BCUT2D eigenvalue weighted by atomic mass is 32.2. The van der Waals surface area contributed by atoms with E-state index >= 15 is 0 Å². The third-order valence-electron chi connectivity index (χ3n) is 5.53. The Morgan fingerprint density at radius 2 is 1.50 bits per heavy atom. The first-order valence-corrected chi connectivity index (χ1v) is 12.0. The molecule has 1 N–H and O–H groups in total. The number of nitrogens with zero attached hydrogens (tertiary/aromatic N) is 2. The minimum absolute atomic E-state index is 0.0177. The number of rotatable bonds is 6. The lowest BCUT2D eigenvalue weighted by Crippen LogP contribution is -2.57. The van der Waals surface area contributed by atoms with Gasteiger partial charge in [0.25, 0.3) is 5.91 Å². The second-order valence-corrected chi connectivity index (χ2v) is 10.2. The van der Waals surface area contributed by atoms with Crippen LogP contribution in [0.5, 0.6) is 0 Å². The average molecular weight is 462 g/mol. The Labute approximate surface area is 188 Å². The van der Waals surface area contributed by atoms with Crippen LogP contribution in [0.3, 0.4) is 0 Å². The Bertz CT molecular complexity index is 1060. The van der Waals surface area contributed by atoms with Crippen LogP contribution < -0.4 is 5.32 Å². The minimum Gasteiger partial charge on any atom is -0.340 e. The number of piperazine rings is 1. The highest BCUT2D eigenvalue weighted by Crippen LogP contribution is 2.19. The summed E-state index contributed by atoms with van der Waals surface area (Å²) in [6.45, 7) is 6.31. The maximum absolute atomic E-state index is 13.1. The van der Waals surface area contributed by atoms with Crippen molar-refractivity contribution >= 4 is 21.8 Å². The van der Waals surface area contributed by atoms with Crippen LogP contribution in [-0.2, 0) is 14.8 Å². The van der Waals surface area contributed by atoms with Gasteiger partial charge in [-0.1, -0.05) is 31.5 Å². The van der Waals surface area contributed by atoms with Gasteiger partial charge in [-0.3, -0.25) is 9.59 Å². The molecule has 0 saturated carbocycles. The van der Waals surface area contributed by atoms with Gasteiger partial charge < -0.3 is 10.2 Å². The fraction of sp³-hybridized carbons (Fsp3) is 0.391. The van der Waals surface area contributed by atoms with Crippen LogP contribution in [0, 0.1) is 18.7 Å². The maximum Gasteiger partial charge on any atom is 0.251 e. The molecule has 0 spiro atoms. The molecule has 1 heterocycles. The summed E-state index contributed by atoms with van der Waals surface area (Å²) in [6, 6.07) is 11.1. The Hall–Kier alpha value is -2.78. The lowest BCUT2D eigenvalue weighted by Gasteiger charge is -2.36. The number of carbonyl (C=O) groups is 2. The molecule has 0 aromatic heterocycles. The second-order valence-electron chi connectivity index (χ2n) is 8.24. The van der Waals surface area contributed by atoms with Gasteiger partial charge in [-0.15, -0.1) is 0 Å². The summed E-state index contributed by atoms with van der Waals surface area (Å²) in [5.41, 5.74) is 1.51. The molecular weight excluding hydrogens is 433 g/mol. The number of nitrogens with one attached hydrogen (secondary N) is 1. The molecule has 172 valence electrons. The third kappa shape index (κ3) is 5.34. The van der Waals surface area contributed by atoms with E-state index in [0.717, 1.165) is 17.7 Å². The van der Waals surface area contributed by atoms with Crippen molar-refractivity contribution in [1.29, 1.82) is 0 Å². The van der Waals surface area contributed by atoms with Crippen LogP contribution >= 0.6 is 0 Å². The van der Waals surface area contributed by atoms with E-state index in [1.807, 2.05) is 32.9 Å².